The fraction of sp³-hybridized carbons (Fsp3) is 0.143. The van der Waals surface area contributed by atoms with Crippen molar-refractivity contribution in [1.82, 2.24) is 0 Å². The van der Waals surface area contributed by atoms with E-state index in [1.54, 1.807) is 19.2 Å². The maximum Gasteiger partial charge on any atom is 0.490 e. The molecule has 0 bridgehead atoms. The van der Waals surface area contributed by atoms with Gasteiger partial charge in [-0.15, -0.1) is 0 Å². The third-order valence-electron chi connectivity index (χ3n) is 2.61. The van der Waals surface area contributed by atoms with E-state index in [-0.39, 0.29) is 5.46 Å². The minimum Gasteiger partial charge on any atom is -0.497 e. The van der Waals surface area contributed by atoms with Crippen molar-refractivity contribution < 1.29 is 19.5 Å². The monoisotopic (exact) mass is 454 g/mol. The Morgan fingerprint density at radius 2 is 1.41 bits per heavy atom. The summed E-state index contributed by atoms with van der Waals surface area (Å²) < 4.78 is 10.9. The minimum absolute atomic E-state index is 0.246. The summed E-state index contributed by atoms with van der Waals surface area (Å²) in [6, 6.07) is 10.2. The number of methoxy groups -OCH3 is 2. The molecule has 2 rings (SSSR count). The second-order valence-corrected chi connectivity index (χ2v) is 6.02. The molecule has 0 aliphatic rings. The third kappa shape index (κ3) is 5.85. The van der Waals surface area contributed by atoms with Crippen LogP contribution < -0.4 is 14.9 Å². The number of benzene rings is 2. The summed E-state index contributed by atoms with van der Waals surface area (Å²) in [4.78, 5) is 0. The van der Waals surface area contributed by atoms with Crippen molar-refractivity contribution in [2.24, 2.45) is 0 Å². The van der Waals surface area contributed by atoms with Crippen molar-refractivity contribution in [2.45, 2.75) is 0 Å². The zero-order valence-corrected chi connectivity index (χ0v) is 15.6. The second kappa shape index (κ2) is 9.47. The number of ether oxygens (including phenoxy) is 2. The van der Waals surface area contributed by atoms with Gasteiger partial charge in [-0.2, -0.15) is 0 Å². The first-order valence-electron chi connectivity index (χ1n) is 6.07. The molecule has 0 heterocycles. The lowest BCUT2D eigenvalue weighted by Crippen LogP contribution is -2.30. The fourth-order valence-electron chi connectivity index (χ4n) is 1.45. The van der Waals surface area contributed by atoms with Gasteiger partial charge in [-0.1, -0.05) is 23.2 Å². The van der Waals surface area contributed by atoms with Crippen LogP contribution in [0.3, 0.4) is 0 Å². The molecule has 0 aliphatic heterocycles. The minimum atomic E-state index is -1.56. The molecule has 0 aliphatic carbocycles. The average Bonchev–Trinajstić information content (AvgIpc) is 2.51. The van der Waals surface area contributed by atoms with Crippen LogP contribution in [-0.4, -0.2) is 31.4 Å². The van der Waals surface area contributed by atoms with E-state index in [1.165, 1.54) is 13.2 Å². The molecule has 0 fully saturated rings. The largest absolute Gasteiger partial charge is 0.497 e. The van der Waals surface area contributed by atoms with Crippen LogP contribution in [0, 0.1) is 3.57 Å². The molecule has 0 saturated heterocycles. The molecule has 0 radical (unpaired) electrons. The molecule has 2 N–H and O–H groups in total. The molecule has 0 unspecified atom stereocenters. The molecule has 2 aromatic carbocycles. The van der Waals surface area contributed by atoms with Gasteiger partial charge in [0.05, 0.1) is 19.2 Å². The van der Waals surface area contributed by atoms with Crippen LogP contribution in [0.15, 0.2) is 36.4 Å². The van der Waals surface area contributed by atoms with E-state index in [1.807, 2.05) is 18.2 Å². The Hall–Kier alpha value is -0.665. The summed E-state index contributed by atoms with van der Waals surface area (Å²) in [5.74, 6) is 1.39. The van der Waals surface area contributed by atoms with Crippen molar-refractivity contribution in [1.29, 1.82) is 0 Å². The SMILES string of the molecule is COc1ccc(Cl)c(B(O)O)c1.COc1ccc(Cl)c(I)c1. The van der Waals surface area contributed by atoms with E-state index in [4.69, 9.17) is 42.7 Å². The molecule has 118 valence electrons. The first-order valence-corrected chi connectivity index (χ1v) is 7.91. The van der Waals surface area contributed by atoms with Crippen LogP contribution in [0.25, 0.3) is 0 Å². The molecule has 4 nitrogen and oxygen atoms in total. The van der Waals surface area contributed by atoms with E-state index in [0.29, 0.717) is 10.8 Å². The van der Waals surface area contributed by atoms with Gasteiger partial charge in [0, 0.05) is 14.1 Å². The van der Waals surface area contributed by atoms with Crippen molar-refractivity contribution in [3.05, 3.63) is 50.0 Å². The van der Waals surface area contributed by atoms with Crippen LogP contribution in [-0.2, 0) is 0 Å². The summed E-state index contributed by atoms with van der Waals surface area (Å²) in [7, 11) is 1.57. The van der Waals surface area contributed by atoms with Crippen molar-refractivity contribution in [3.63, 3.8) is 0 Å². The van der Waals surface area contributed by atoms with E-state index < -0.39 is 7.12 Å². The van der Waals surface area contributed by atoms with Crippen molar-refractivity contribution in [2.75, 3.05) is 14.2 Å². The number of rotatable bonds is 3. The summed E-state index contributed by atoms with van der Waals surface area (Å²) in [6.45, 7) is 0. The molecule has 0 amide bonds. The highest BCUT2D eigenvalue weighted by Crippen LogP contribution is 2.22. The number of hydrogen-bond donors (Lipinski definition) is 2. The van der Waals surface area contributed by atoms with Gasteiger partial charge in [0.2, 0.25) is 0 Å². The van der Waals surface area contributed by atoms with Crippen LogP contribution in [0.2, 0.25) is 10.0 Å². The van der Waals surface area contributed by atoms with Gasteiger partial charge < -0.3 is 19.5 Å². The van der Waals surface area contributed by atoms with Gasteiger partial charge in [-0.05, 0) is 59.0 Å². The first kappa shape index (κ1) is 19.4. The Balaban J connectivity index is 0.000000224. The molecule has 0 atom stereocenters. The highest BCUT2D eigenvalue weighted by atomic mass is 127. The quantitative estimate of drug-likeness (QED) is 0.553. The van der Waals surface area contributed by atoms with Crippen LogP contribution >= 0.6 is 45.8 Å². The molecule has 0 spiro atoms. The summed E-state index contributed by atoms with van der Waals surface area (Å²) >= 11 is 13.6. The molecule has 22 heavy (non-hydrogen) atoms. The molecule has 8 heteroatoms. The first-order chi connectivity index (χ1) is 10.4. The zero-order valence-electron chi connectivity index (χ0n) is 11.9. The second-order valence-electron chi connectivity index (χ2n) is 4.04. The molecular formula is C14H14BCl2IO4. The lowest BCUT2D eigenvalue weighted by molar-refractivity contribution is 0.412. The Bertz CT molecular complexity index is 626. The molecule has 2 aromatic rings. The Kier molecular flexibility index (Phi) is 8.34. The van der Waals surface area contributed by atoms with Gasteiger partial charge in [-0.3, -0.25) is 0 Å². The maximum absolute atomic E-state index is 8.84. The third-order valence-corrected chi connectivity index (χ3v) is 4.49. The van der Waals surface area contributed by atoms with Crippen LogP contribution in [0.1, 0.15) is 0 Å². The molecule has 0 saturated carbocycles. The van der Waals surface area contributed by atoms with E-state index in [2.05, 4.69) is 22.6 Å². The van der Waals surface area contributed by atoms with E-state index >= 15 is 0 Å². The van der Waals surface area contributed by atoms with E-state index in [0.717, 1.165) is 14.3 Å². The number of halogens is 3. The Morgan fingerprint density at radius 3 is 1.86 bits per heavy atom. The molecule has 0 aromatic heterocycles. The average molecular weight is 455 g/mol. The summed E-state index contributed by atoms with van der Waals surface area (Å²) in [5.41, 5.74) is 0.246. The van der Waals surface area contributed by atoms with Gasteiger partial charge in [0.1, 0.15) is 11.5 Å². The number of hydrogen-bond acceptors (Lipinski definition) is 4. The van der Waals surface area contributed by atoms with Gasteiger partial charge in [0.15, 0.2) is 0 Å². The summed E-state index contributed by atoms with van der Waals surface area (Å²) in [6.07, 6.45) is 0. The molecular weight excluding hydrogens is 441 g/mol. The van der Waals surface area contributed by atoms with Gasteiger partial charge in [-0.25, -0.2) is 0 Å². The standard InChI is InChI=1S/C7H8BClO3.C7H6ClIO/c1-12-5-2-3-7(9)6(4-5)8(10)11;1-10-5-2-3-6(8)7(9)4-5/h2-4,10-11H,1H3;2-4H,1H3. The lowest BCUT2D eigenvalue weighted by atomic mass is 9.80. The lowest BCUT2D eigenvalue weighted by Gasteiger charge is -2.05. The fourth-order valence-corrected chi connectivity index (χ4v) is 2.27. The Morgan fingerprint density at radius 1 is 0.909 bits per heavy atom. The van der Waals surface area contributed by atoms with Gasteiger partial charge >= 0.3 is 7.12 Å². The highest BCUT2D eigenvalue weighted by molar-refractivity contribution is 14.1. The normalized spacial score (nSPS) is 9.59. The predicted octanol–water partition coefficient (Wildman–Crippen LogP) is 2.98. The Labute approximate surface area is 153 Å². The van der Waals surface area contributed by atoms with Crippen LogP contribution in [0.5, 0.6) is 11.5 Å². The predicted molar refractivity (Wildman–Crippen MR) is 98.6 cm³/mol. The van der Waals surface area contributed by atoms with Crippen molar-refractivity contribution in [3.8, 4) is 11.5 Å². The highest BCUT2D eigenvalue weighted by Gasteiger charge is 2.15. The van der Waals surface area contributed by atoms with Crippen LogP contribution in [0.4, 0.5) is 0 Å². The summed E-state index contributed by atoms with van der Waals surface area (Å²) in [5, 5.41) is 18.8. The zero-order chi connectivity index (χ0) is 16.7. The maximum atomic E-state index is 8.84. The van der Waals surface area contributed by atoms with E-state index in [9.17, 15) is 0 Å². The smallest absolute Gasteiger partial charge is 0.490 e. The van der Waals surface area contributed by atoms with Crippen molar-refractivity contribution >= 4 is 58.4 Å². The van der Waals surface area contributed by atoms with Gasteiger partial charge in [0.25, 0.3) is 0 Å². The topological polar surface area (TPSA) is 58.9 Å².